The number of hydrogen-bond donors (Lipinski definition) is 3. The predicted octanol–water partition coefficient (Wildman–Crippen LogP) is 1.86. The Bertz CT molecular complexity index is 968. The van der Waals surface area contributed by atoms with Gasteiger partial charge < -0.3 is 15.6 Å². The Kier molecular flexibility index (Phi) is 6.74. The minimum atomic E-state index is -4.05. The number of aryl methyl sites for hydroxylation is 1. The maximum absolute atomic E-state index is 12.4. The summed E-state index contributed by atoms with van der Waals surface area (Å²) in [6, 6.07) is 15.0. The molecule has 0 aromatic heterocycles. The second-order valence-electron chi connectivity index (χ2n) is 7.21. The standard InChI is InChI=1S/C20H25N3O6S/c1-13-8-10-16(11-9-13)30(26,27)29-18(21)14(2)12-17(24)19-22-23(20(25)28-19)15-6-4-3-5-7-15/h3-11,14,17-19,22,24H,12,21H2,1-2H3/t14?,17-,18?,19?/m0/s1. The first-order valence-electron chi connectivity index (χ1n) is 9.43. The zero-order valence-corrected chi connectivity index (χ0v) is 17.5. The third-order valence-corrected chi connectivity index (χ3v) is 6.08. The third-order valence-electron chi connectivity index (χ3n) is 4.75. The van der Waals surface area contributed by atoms with Gasteiger partial charge in [0.1, 0.15) is 12.3 Å². The molecular weight excluding hydrogens is 410 g/mol. The molecule has 1 amide bonds. The Morgan fingerprint density at radius 1 is 1.20 bits per heavy atom. The molecule has 1 fully saturated rings. The monoisotopic (exact) mass is 435 g/mol. The van der Waals surface area contributed by atoms with E-state index in [1.165, 1.54) is 17.1 Å². The molecule has 2 aromatic rings. The molecule has 30 heavy (non-hydrogen) atoms. The van der Waals surface area contributed by atoms with Gasteiger partial charge in [0.2, 0.25) is 0 Å². The first-order valence-corrected chi connectivity index (χ1v) is 10.8. The molecule has 3 rings (SSSR count). The van der Waals surface area contributed by atoms with Gasteiger partial charge in [-0.25, -0.2) is 14.0 Å². The van der Waals surface area contributed by atoms with Crippen LogP contribution in [0.1, 0.15) is 18.9 Å². The number of hydrazine groups is 1. The number of anilines is 1. The molecule has 1 aliphatic heterocycles. The number of aliphatic hydroxyl groups is 1. The second kappa shape index (κ2) is 9.11. The number of nitrogens with zero attached hydrogens (tertiary/aromatic N) is 1. The molecule has 1 aliphatic rings. The lowest BCUT2D eigenvalue weighted by Gasteiger charge is -2.24. The molecule has 0 aliphatic carbocycles. The molecule has 0 saturated carbocycles. The number of carbonyl (C=O) groups excluding carboxylic acids is 1. The summed E-state index contributed by atoms with van der Waals surface area (Å²) in [4.78, 5) is 12.1. The van der Waals surface area contributed by atoms with Crippen LogP contribution in [0.4, 0.5) is 10.5 Å². The number of amides is 1. The summed E-state index contributed by atoms with van der Waals surface area (Å²) in [5.41, 5.74) is 10.2. The van der Waals surface area contributed by atoms with Crippen molar-refractivity contribution in [2.24, 2.45) is 11.7 Å². The highest BCUT2D eigenvalue weighted by Gasteiger charge is 2.37. The van der Waals surface area contributed by atoms with Crippen LogP contribution in [0, 0.1) is 12.8 Å². The lowest BCUT2D eigenvalue weighted by Crippen LogP contribution is -2.45. The molecule has 9 nitrogen and oxygen atoms in total. The minimum Gasteiger partial charge on any atom is -0.425 e. The van der Waals surface area contributed by atoms with E-state index in [1.807, 2.05) is 13.0 Å². The Labute approximate surface area is 175 Å². The molecule has 1 heterocycles. The predicted molar refractivity (Wildman–Crippen MR) is 110 cm³/mol. The number of carbonyl (C=O) groups is 1. The van der Waals surface area contributed by atoms with E-state index in [-0.39, 0.29) is 11.3 Å². The van der Waals surface area contributed by atoms with Crippen LogP contribution in [0.3, 0.4) is 0 Å². The van der Waals surface area contributed by atoms with Crippen LogP contribution in [-0.2, 0) is 19.0 Å². The first kappa shape index (κ1) is 22.2. The van der Waals surface area contributed by atoms with Gasteiger partial charge in [-0.05, 0) is 43.5 Å². The molecule has 10 heteroatoms. The summed E-state index contributed by atoms with van der Waals surface area (Å²) in [5.74, 6) is -0.550. The average molecular weight is 436 g/mol. The van der Waals surface area contributed by atoms with Gasteiger partial charge in [0.15, 0.2) is 6.23 Å². The van der Waals surface area contributed by atoms with Crippen LogP contribution in [0.5, 0.6) is 0 Å². The smallest absolute Gasteiger partial charge is 0.425 e. The lowest BCUT2D eigenvalue weighted by atomic mass is 10.0. The number of hydrogen-bond acceptors (Lipinski definition) is 8. The highest BCUT2D eigenvalue weighted by atomic mass is 32.2. The van der Waals surface area contributed by atoms with Crippen molar-refractivity contribution in [2.45, 2.75) is 43.7 Å². The molecule has 4 atom stereocenters. The fraction of sp³-hybridized carbons (Fsp3) is 0.350. The molecule has 2 aromatic carbocycles. The maximum Gasteiger partial charge on any atom is 0.430 e. The van der Waals surface area contributed by atoms with Crippen molar-refractivity contribution in [3.63, 3.8) is 0 Å². The molecule has 162 valence electrons. The second-order valence-corrected chi connectivity index (χ2v) is 8.78. The van der Waals surface area contributed by atoms with Crippen molar-refractivity contribution in [1.29, 1.82) is 0 Å². The van der Waals surface area contributed by atoms with Crippen LogP contribution in [-0.4, -0.2) is 38.2 Å². The average Bonchev–Trinajstić information content (AvgIpc) is 3.10. The summed E-state index contributed by atoms with van der Waals surface area (Å²) in [5, 5.41) is 11.7. The van der Waals surface area contributed by atoms with Crippen molar-refractivity contribution in [3.05, 3.63) is 60.2 Å². The quantitative estimate of drug-likeness (QED) is 0.423. The number of aliphatic hydroxyl groups excluding tert-OH is 1. The fourth-order valence-corrected chi connectivity index (χ4v) is 3.99. The number of para-hydroxylation sites is 1. The summed E-state index contributed by atoms with van der Waals surface area (Å²) in [6.07, 6.45) is -3.93. The summed E-state index contributed by atoms with van der Waals surface area (Å²) >= 11 is 0. The van der Waals surface area contributed by atoms with Gasteiger partial charge in [-0.15, -0.1) is 0 Å². The largest absolute Gasteiger partial charge is 0.430 e. The van der Waals surface area contributed by atoms with Crippen molar-refractivity contribution >= 4 is 21.9 Å². The molecule has 0 spiro atoms. The Hall–Kier alpha value is -2.50. The molecule has 4 N–H and O–H groups in total. The third kappa shape index (κ3) is 5.15. The Balaban J connectivity index is 1.58. The van der Waals surface area contributed by atoms with Crippen molar-refractivity contribution in [2.75, 3.05) is 5.01 Å². The van der Waals surface area contributed by atoms with E-state index >= 15 is 0 Å². The maximum atomic E-state index is 12.4. The molecule has 1 saturated heterocycles. The number of nitrogens with two attached hydrogens (primary N) is 1. The van der Waals surface area contributed by atoms with Gasteiger partial charge in [0.25, 0.3) is 10.1 Å². The van der Waals surface area contributed by atoms with Crippen molar-refractivity contribution in [3.8, 4) is 0 Å². The number of benzene rings is 2. The number of rotatable bonds is 8. The van der Waals surface area contributed by atoms with E-state index in [0.717, 1.165) is 5.56 Å². The summed E-state index contributed by atoms with van der Waals surface area (Å²) in [7, 11) is -4.05. The number of ether oxygens (including phenoxy) is 1. The minimum absolute atomic E-state index is 0.00110. The van der Waals surface area contributed by atoms with Crippen LogP contribution in [0.25, 0.3) is 0 Å². The summed E-state index contributed by atoms with van der Waals surface area (Å²) in [6.45, 7) is 3.49. The Morgan fingerprint density at radius 2 is 1.83 bits per heavy atom. The molecule has 0 bridgehead atoms. The van der Waals surface area contributed by atoms with Crippen LogP contribution < -0.4 is 16.2 Å². The van der Waals surface area contributed by atoms with Crippen molar-refractivity contribution in [1.82, 2.24) is 5.43 Å². The van der Waals surface area contributed by atoms with E-state index in [9.17, 15) is 18.3 Å². The lowest BCUT2D eigenvalue weighted by molar-refractivity contribution is -0.00698. The van der Waals surface area contributed by atoms with Gasteiger partial charge in [0.05, 0.1) is 10.6 Å². The topological polar surface area (TPSA) is 131 Å². The van der Waals surface area contributed by atoms with Gasteiger partial charge >= 0.3 is 6.09 Å². The highest BCUT2D eigenvalue weighted by molar-refractivity contribution is 7.86. The number of cyclic esters (lactones) is 1. The first-order chi connectivity index (χ1) is 14.2. The highest BCUT2D eigenvalue weighted by Crippen LogP contribution is 2.23. The van der Waals surface area contributed by atoms with Crippen LogP contribution in [0.2, 0.25) is 0 Å². The van der Waals surface area contributed by atoms with E-state index in [0.29, 0.717) is 5.69 Å². The normalized spacial score (nSPS) is 19.9. The SMILES string of the molecule is Cc1ccc(S(=O)(=O)OC(N)C(C)C[C@H](O)C2NN(c3ccccc3)C(=O)O2)cc1. The van der Waals surface area contributed by atoms with Crippen LogP contribution >= 0.6 is 0 Å². The Morgan fingerprint density at radius 3 is 2.47 bits per heavy atom. The van der Waals surface area contributed by atoms with Gasteiger partial charge in [0, 0.05) is 0 Å². The summed E-state index contributed by atoms with van der Waals surface area (Å²) < 4.78 is 35.1. The number of nitrogens with one attached hydrogen (secondary N) is 1. The zero-order valence-electron chi connectivity index (χ0n) is 16.6. The van der Waals surface area contributed by atoms with Crippen LogP contribution in [0.15, 0.2) is 59.5 Å². The van der Waals surface area contributed by atoms with Gasteiger partial charge in [-0.1, -0.05) is 42.8 Å². The molecule has 0 radical (unpaired) electrons. The van der Waals surface area contributed by atoms with E-state index < -0.39 is 40.7 Å². The van der Waals surface area contributed by atoms with Crippen molar-refractivity contribution < 1.29 is 27.2 Å². The van der Waals surface area contributed by atoms with Gasteiger partial charge in [-0.3, -0.25) is 0 Å². The van der Waals surface area contributed by atoms with Gasteiger partial charge in [-0.2, -0.15) is 13.8 Å². The fourth-order valence-electron chi connectivity index (χ4n) is 2.93. The molecular formula is C20H25N3O6S. The van der Waals surface area contributed by atoms with E-state index in [4.69, 9.17) is 14.7 Å². The van der Waals surface area contributed by atoms with E-state index in [1.54, 1.807) is 43.3 Å². The van der Waals surface area contributed by atoms with E-state index in [2.05, 4.69) is 5.43 Å². The molecule has 3 unspecified atom stereocenters. The zero-order chi connectivity index (χ0) is 21.9.